The zero-order valence-corrected chi connectivity index (χ0v) is 18.6. The van der Waals surface area contributed by atoms with Crippen molar-refractivity contribution in [3.63, 3.8) is 0 Å². The molecule has 1 aliphatic rings. The molecule has 0 saturated carbocycles. The maximum atomic E-state index is 13.3. The van der Waals surface area contributed by atoms with Gasteiger partial charge in [0.2, 0.25) is 5.91 Å². The van der Waals surface area contributed by atoms with Crippen molar-refractivity contribution in [3.05, 3.63) is 53.8 Å². The third-order valence-corrected chi connectivity index (χ3v) is 7.23. The van der Waals surface area contributed by atoms with Crippen molar-refractivity contribution in [3.8, 4) is 5.19 Å². The normalized spacial score (nSPS) is 14.9. The summed E-state index contributed by atoms with van der Waals surface area (Å²) in [6, 6.07) is 13.1. The van der Waals surface area contributed by atoms with Crippen molar-refractivity contribution in [2.45, 2.75) is 43.6 Å². The van der Waals surface area contributed by atoms with Gasteiger partial charge in [-0.1, -0.05) is 29.0 Å². The number of hydrogen-bond acceptors (Lipinski definition) is 5. The van der Waals surface area contributed by atoms with Crippen LogP contribution in [0.25, 0.3) is 10.2 Å². The van der Waals surface area contributed by atoms with Crippen molar-refractivity contribution in [2.75, 3.05) is 18.8 Å². The summed E-state index contributed by atoms with van der Waals surface area (Å²) < 4.78 is 20.1. The molecule has 3 aromatic rings. The number of benzene rings is 2. The Morgan fingerprint density at radius 1 is 1.23 bits per heavy atom. The van der Waals surface area contributed by atoms with Gasteiger partial charge < -0.3 is 9.64 Å². The van der Waals surface area contributed by atoms with E-state index in [2.05, 4.69) is 36.2 Å². The minimum absolute atomic E-state index is 0.0524. The molecule has 1 aliphatic heterocycles. The van der Waals surface area contributed by atoms with Gasteiger partial charge in [-0.15, -0.1) is 11.8 Å². The van der Waals surface area contributed by atoms with E-state index in [-0.39, 0.29) is 17.8 Å². The fraction of sp³-hybridized carbons (Fsp3) is 0.391. The van der Waals surface area contributed by atoms with Crippen LogP contribution in [0.15, 0.2) is 47.4 Å². The van der Waals surface area contributed by atoms with Crippen molar-refractivity contribution in [1.29, 1.82) is 0 Å². The third kappa shape index (κ3) is 5.52. The number of piperidine rings is 1. The molecule has 0 unspecified atom stereocenters. The third-order valence-electron chi connectivity index (χ3n) is 5.22. The fourth-order valence-electron chi connectivity index (χ4n) is 3.50. The predicted octanol–water partition coefficient (Wildman–Crippen LogP) is 5.69. The van der Waals surface area contributed by atoms with Gasteiger partial charge >= 0.3 is 0 Å². The second-order valence-corrected chi connectivity index (χ2v) is 9.72. The van der Waals surface area contributed by atoms with E-state index in [1.165, 1.54) is 33.9 Å². The van der Waals surface area contributed by atoms with E-state index in [9.17, 15) is 9.18 Å². The van der Waals surface area contributed by atoms with Crippen LogP contribution in [0.3, 0.4) is 0 Å². The number of thiazole rings is 1. The first-order valence-corrected chi connectivity index (χ1v) is 12.1. The number of aryl methyl sites for hydroxylation is 1. The summed E-state index contributed by atoms with van der Waals surface area (Å²) in [5.74, 6) is 0.919. The largest absolute Gasteiger partial charge is 0.467 e. The van der Waals surface area contributed by atoms with E-state index in [0.717, 1.165) is 35.2 Å². The first-order chi connectivity index (χ1) is 14.6. The summed E-state index contributed by atoms with van der Waals surface area (Å²) in [5, 5.41) is 0.577. The molecule has 2 heterocycles. The second-order valence-electron chi connectivity index (χ2n) is 7.55. The molecule has 1 fully saturated rings. The summed E-state index contributed by atoms with van der Waals surface area (Å²) in [5.41, 5.74) is 2.02. The first-order valence-electron chi connectivity index (χ1n) is 10.3. The average Bonchev–Trinajstić information content (AvgIpc) is 3.14. The van der Waals surface area contributed by atoms with Crippen LogP contribution in [0.4, 0.5) is 4.39 Å². The molecule has 0 spiro atoms. The molecule has 7 heteroatoms. The lowest BCUT2D eigenvalue weighted by atomic mass is 10.1. The topological polar surface area (TPSA) is 42.4 Å². The summed E-state index contributed by atoms with van der Waals surface area (Å²) >= 11 is 3.17. The van der Waals surface area contributed by atoms with E-state index < -0.39 is 0 Å². The lowest BCUT2D eigenvalue weighted by Crippen LogP contribution is -2.41. The number of hydrogen-bond donors (Lipinski definition) is 0. The van der Waals surface area contributed by atoms with Gasteiger partial charge in [0.05, 0.1) is 10.2 Å². The molecule has 0 aliphatic carbocycles. The molecule has 158 valence electrons. The minimum Gasteiger partial charge on any atom is -0.467 e. The van der Waals surface area contributed by atoms with Crippen molar-refractivity contribution in [1.82, 2.24) is 9.88 Å². The fourth-order valence-corrected chi connectivity index (χ4v) is 5.26. The van der Waals surface area contributed by atoms with E-state index >= 15 is 0 Å². The highest BCUT2D eigenvalue weighted by atomic mass is 32.2. The highest BCUT2D eigenvalue weighted by molar-refractivity contribution is 7.99. The molecule has 30 heavy (non-hydrogen) atoms. The van der Waals surface area contributed by atoms with Crippen LogP contribution in [0, 0.1) is 12.7 Å². The number of halogens is 1. The zero-order chi connectivity index (χ0) is 20.9. The van der Waals surface area contributed by atoms with Gasteiger partial charge in [-0.3, -0.25) is 4.79 Å². The Kier molecular flexibility index (Phi) is 6.89. The molecule has 0 N–H and O–H groups in total. The number of carbonyl (C=O) groups excluding carboxylic acids is 1. The standard InChI is InChI=1S/C23H25FN2O2S2/c1-16-4-7-19(8-5-16)29-14-2-3-22(27)26-12-10-18(11-13-26)28-23-25-20-9-6-17(24)15-21(20)30-23/h4-9,15,18H,2-3,10-14H2,1H3. The van der Waals surface area contributed by atoms with Crippen LogP contribution in [0.1, 0.15) is 31.2 Å². The van der Waals surface area contributed by atoms with E-state index in [1.807, 2.05) is 4.90 Å². The number of carbonyl (C=O) groups is 1. The molecule has 1 saturated heterocycles. The molecule has 2 aromatic carbocycles. The molecule has 0 atom stereocenters. The Hall–Kier alpha value is -2.12. The summed E-state index contributed by atoms with van der Waals surface area (Å²) in [7, 11) is 0. The van der Waals surface area contributed by atoms with Gasteiger partial charge in [0.25, 0.3) is 5.19 Å². The maximum Gasteiger partial charge on any atom is 0.274 e. The van der Waals surface area contributed by atoms with Crippen LogP contribution in [-0.2, 0) is 4.79 Å². The zero-order valence-electron chi connectivity index (χ0n) is 17.0. The number of ether oxygens (including phenoxy) is 1. The minimum atomic E-state index is -0.262. The van der Waals surface area contributed by atoms with Gasteiger partial charge in [-0.2, -0.15) is 0 Å². The Bertz CT molecular complexity index is 998. The SMILES string of the molecule is Cc1ccc(SCCCC(=O)N2CCC(Oc3nc4ccc(F)cc4s3)CC2)cc1. The van der Waals surface area contributed by atoms with Crippen molar-refractivity contribution >= 4 is 39.2 Å². The second kappa shape index (κ2) is 9.79. The highest BCUT2D eigenvalue weighted by Gasteiger charge is 2.24. The number of fused-ring (bicyclic) bond motifs is 1. The Balaban J connectivity index is 1.18. The maximum absolute atomic E-state index is 13.3. The molecular formula is C23H25FN2O2S2. The molecule has 1 amide bonds. The monoisotopic (exact) mass is 444 g/mol. The molecular weight excluding hydrogens is 419 g/mol. The Morgan fingerprint density at radius 3 is 2.77 bits per heavy atom. The molecule has 4 nitrogen and oxygen atoms in total. The predicted molar refractivity (Wildman–Crippen MR) is 121 cm³/mol. The van der Waals surface area contributed by atoms with Crippen molar-refractivity contribution < 1.29 is 13.9 Å². The first kappa shape index (κ1) is 21.1. The molecule has 0 bridgehead atoms. The van der Waals surface area contributed by atoms with Gasteiger partial charge in [0.15, 0.2) is 0 Å². The average molecular weight is 445 g/mol. The van der Waals surface area contributed by atoms with Gasteiger partial charge in [-0.25, -0.2) is 9.37 Å². The Morgan fingerprint density at radius 2 is 2.00 bits per heavy atom. The van der Waals surface area contributed by atoms with Crippen LogP contribution < -0.4 is 4.74 Å². The molecule has 0 radical (unpaired) electrons. The summed E-state index contributed by atoms with van der Waals surface area (Å²) in [6.07, 6.45) is 3.13. The quantitative estimate of drug-likeness (QED) is 0.347. The number of nitrogens with zero attached hydrogens (tertiary/aromatic N) is 2. The molecule has 1 aromatic heterocycles. The van der Waals surface area contributed by atoms with E-state index in [1.54, 1.807) is 17.8 Å². The number of likely N-dealkylation sites (tertiary alicyclic amines) is 1. The summed E-state index contributed by atoms with van der Waals surface area (Å²) in [6.45, 7) is 3.52. The summed E-state index contributed by atoms with van der Waals surface area (Å²) in [4.78, 5) is 20.1. The van der Waals surface area contributed by atoms with Crippen LogP contribution in [0.2, 0.25) is 0 Å². The van der Waals surface area contributed by atoms with Crippen LogP contribution >= 0.6 is 23.1 Å². The number of amides is 1. The van der Waals surface area contributed by atoms with E-state index in [0.29, 0.717) is 24.7 Å². The van der Waals surface area contributed by atoms with Gasteiger partial charge in [0, 0.05) is 37.2 Å². The smallest absolute Gasteiger partial charge is 0.274 e. The van der Waals surface area contributed by atoms with Gasteiger partial charge in [0.1, 0.15) is 11.9 Å². The Labute approximate surface area is 184 Å². The van der Waals surface area contributed by atoms with Crippen LogP contribution in [-0.4, -0.2) is 40.7 Å². The number of aromatic nitrogens is 1. The van der Waals surface area contributed by atoms with Crippen molar-refractivity contribution in [2.24, 2.45) is 0 Å². The highest BCUT2D eigenvalue weighted by Crippen LogP contribution is 2.30. The number of rotatable bonds is 7. The van der Waals surface area contributed by atoms with Gasteiger partial charge in [-0.05, 0) is 49.4 Å². The number of thioether (sulfide) groups is 1. The lowest BCUT2D eigenvalue weighted by molar-refractivity contribution is -0.133. The van der Waals surface area contributed by atoms with E-state index in [4.69, 9.17) is 4.74 Å². The van der Waals surface area contributed by atoms with Crippen LogP contribution in [0.5, 0.6) is 5.19 Å². The lowest BCUT2D eigenvalue weighted by Gasteiger charge is -2.31. The molecule has 4 rings (SSSR count).